The molecule has 3 unspecified atom stereocenters. The molecule has 0 radical (unpaired) electrons. The van der Waals surface area contributed by atoms with Crippen molar-refractivity contribution >= 4 is 46.4 Å². The number of ether oxygens (including phenoxy) is 1. The maximum atomic E-state index is 12.2. The van der Waals surface area contributed by atoms with Crippen molar-refractivity contribution in [2.24, 2.45) is 17.3 Å². The zero-order chi connectivity index (χ0) is 22.0. The SMILES string of the molecule is N=C(CC1CC2(CNC(=O)Nc3ccc(Cl)cc3)CC12)C(=O)COc1ccc(Cl)cc1. The topological polar surface area (TPSA) is 91.3 Å². The fourth-order valence-electron chi connectivity index (χ4n) is 4.38. The number of rotatable bonds is 9. The lowest BCUT2D eigenvalue weighted by molar-refractivity contribution is -0.115. The first kappa shape index (κ1) is 21.7. The molecule has 3 atom stereocenters. The summed E-state index contributed by atoms with van der Waals surface area (Å²) in [6, 6.07) is 13.5. The second-order valence-corrected chi connectivity index (χ2v) is 9.17. The van der Waals surface area contributed by atoms with Crippen LogP contribution in [0.4, 0.5) is 10.5 Å². The molecular formula is C23H23Cl2N3O3. The van der Waals surface area contributed by atoms with Crippen molar-refractivity contribution in [3.63, 3.8) is 0 Å². The number of carbonyl (C=O) groups is 2. The molecule has 162 valence electrons. The molecule has 0 spiro atoms. The highest BCUT2D eigenvalue weighted by Crippen LogP contribution is 2.71. The van der Waals surface area contributed by atoms with Gasteiger partial charge in [0.2, 0.25) is 5.78 Å². The molecule has 0 aliphatic heterocycles. The maximum Gasteiger partial charge on any atom is 0.319 e. The summed E-state index contributed by atoms with van der Waals surface area (Å²) < 4.78 is 5.44. The lowest BCUT2D eigenvalue weighted by Gasteiger charge is -2.35. The molecule has 0 aromatic heterocycles. The summed E-state index contributed by atoms with van der Waals surface area (Å²) in [5, 5.41) is 15.0. The average molecular weight is 460 g/mol. The third-order valence-electron chi connectivity index (χ3n) is 6.18. The average Bonchev–Trinajstić information content (AvgIpc) is 3.35. The summed E-state index contributed by atoms with van der Waals surface area (Å²) in [5.74, 6) is 1.05. The minimum absolute atomic E-state index is 0.105. The van der Waals surface area contributed by atoms with Crippen molar-refractivity contribution in [3.05, 3.63) is 58.6 Å². The molecule has 2 amide bonds. The monoisotopic (exact) mass is 459 g/mol. The third-order valence-corrected chi connectivity index (χ3v) is 6.68. The van der Waals surface area contributed by atoms with Gasteiger partial charge in [-0.1, -0.05) is 23.2 Å². The van der Waals surface area contributed by atoms with Gasteiger partial charge in [0.15, 0.2) is 6.61 Å². The van der Waals surface area contributed by atoms with E-state index in [1.807, 2.05) is 0 Å². The van der Waals surface area contributed by atoms with Crippen LogP contribution < -0.4 is 15.4 Å². The molecule has 0 saturated heterocycles. The molecule has 2 aromatic rings. The first-order valence-corrected chi connectivity index (χ1v) is 10.9. The number of anilines is 1. The molecule has 31 heavy (non-hydrogen) atoms. The van der Waals surface area contributed by atoms with Crippen LogP contribution in [0.5, 0.6) is 5.75 Å². The Morgan fingerprint density at radius 1 is 1.03 bits per heavy atom. The summed E-state index contributed by atoms with van der Waals surface area (Å²) in [5.41, 5.74) is 0.921. The molecule has 4 rings (SSSR count). The van der Waals surface area contributed by atoms with Gasteiger partial charge < -0.3 is 20.8 Å². The molecule has 8 heteroatoms. The predicted octanol–water partition coefficient (Wildman–Crippen LogP) is 5.20. The van der Waals surface area contributed by atoms with E-state index in [1.54, 1.807) is 48.5 Å². The fourth-order valence-corrected chi connectivity index (χ4v) is 4.63. The van der Waals surface area contributed by atoms with Crippen LogP contribution in [0.15, 0.2) is 48.5 Å². The molecule has 2 aliphatic carbocycles. The van der Waals surface area contributed by atoms with Gasteiger partial charge in [-0.2, -0.15) is 0 Å². The van der Waals surface area contributed by atoms with Crippen molar-refractivity contribution in [2.45, 2.75) is 19.3 Å². The third kappa shape index (κ3) is 5.20. The van der Waals surface area contributed by atoms with E-state index in [9.17, 15) is 9.59 Å². The van der Waals surface area contributed by atoms with E-state index < -0.39 is 0 Å². The Labute approximate surface area is 190 Å². The van der Waals surface area contributed by atoms with Crippen LogP contribution in [0.2, 0.25) is 10.0 Å². The van der Waals surface area contributed by atoms with Gasteiger partial charge in [-0.3, -0.25) is 4.79 Å². The number of ketones is 1. The van der Waals surface area contributed by atoms with E-state index in [0.29, 0.717) is 46.3 Å². The number of amides is 2. The first-order valence-electron chi connectivity index (χ1n) is 10.1. The number of carbonyl (C=O) groups excluding carboxylic acids is 2. The van der Waals surface area contributed by atoms with Gasteiger partial charge in [-0.05, 0) is 85.0 Å². The molecule has 2 fully saturated rings. The van der Waals surface area contributed by atoms with Crippen LogP contribution in [0.3, 0.4) is 0 Å². The van der Waals surface area contributed by atoms with Crippen molar-refractivity contribution in [3.8, 4) is 5.75 Å². The molecular weight excluding hydrogens is 437 g/mol. The number of fused-ring (bicyclic) bond motifs is 1. The Morgan fingerprint density at radius 2 is 1.68 bits per heavy atom. The van der Waals surface area contributed by atoms with Crippen LogP contribution in [0, 0.1) is 22.7 Å². The number of nitrogens with one attached hydrogen (secondary N) is 3. The van der Waals surface area contributed by atoms with E-state index in [0.717, 1.165) is 12.8 Å². The highest BCUT2D eigenvalue weighted by Gasteiger charge is 2.66. The fraction of sp³-hybridized carbons (Fsp3) is 0.348. The predicted molar refractivity (Wildman–Crippen MR) is 121 cm³/mol. The Hall–Kier alpha value is -2.57. The van der Waals surface area contributed by atoms with Gasteiger partial charge in [-0.25, -0.2) is 4.79 Å². The van der Waals surface area contributed by atoms with Crippen molar-refractivity contribution in [1.29, 1.82) is 5.41 Å². The van der Waals surface area contributed by atoms with E-state index in [-0.39, 0.29) is 29.5 Å². The van der Waals surface area contributed by atoms with E-state index >= 15 is 0 Å². The summed E-state index contributed by atoms with van der Waals surface area (Å²) in [6.07, 6.45) is 2.42. The standard InChI is InChI=1S/C23H23Cl2N3O3/c24-15-1-5-17(6-2-15)28-22(30)27-13-23-10-14(19(23)11-23)9-20(26)21(29)12-31-18-7-3-16(25)4-8-18/h1-8,14,19,26H,9-13H2,(H2,27,28,30). The molecule has 2 aliphatic rings. The summed E-state index contributed by atoms with van der Waals surface area (Å²) in [4.78, 5) is 24.3. The van der Waals surface area contributed by atoms with E-state index in [1.165, 1.54) is 0 Å². The zero-order valence-corrected chi connectivity index (χ0v) is 18.3. The highest BCUT2D eigenvalue weighted by molar-refractivity contribution is 6.39. The normalized spacial score (nSPS) is 23.2. The van der Waals surface area contributed by atoms with Crippen molar-refractivity contribution in [1.82, 2.24) is 5.32 Å². The van der Waals surface area contributed by atoms with Crippen LogP contribution >= 0.6 is 23.2 Å². The molecule has 3 N–H and O–H groups in total. The van der Waals surface area contributed by atoms with Crippen LogP contribution in [-0.2, 0) is 4.79 Å². The quantitative estimate of drug-likeness (QED) is 0.450. The van der Waals surface area contributed by atoms with E-state index in [2.05, 4.69) is 10.6 Å². The smallest absolute Gasteiger partial charge is 0.319 e. The van der Waals surface area contributed by atoms with Gasteiger partial charge in [0, 0.05) is 22.3 Å². The Kier molecular flexibility index (Phi) is 6.21. The number of hydrogen-bond donors (Lipinski definition) is 3. The van der Waals surface area contributed by atoms with Gasteiger partial charge in [0.1, 0.15) is 5.75 Å². The Bertz CT molecular complexity index is 994. The molecule has 6 nitrogen and oxygen atoms in total. The molecule has 2 aromatic carbocycles. The number of urea groups is 1. The lowest BCUT2D eigenvalue weighted by Crippen LogP contribution is -2.40. The minimum Gasteiger partial charge on any atom is -0.485 e. The summed E-state index contributed by atoms with van der Waals surface area (Å²) >= 11 is 11.7. The molecule has 0 bridgehead atoms. The van der Waals surface area contributed by atoms with Gasteiger partial charge in [0.05, 0.1) is 5.71 Å². The van der Waals surface area contributed by atoms with Crippen LogP contribution in [-0.4, -0.2) is 30.7 Å². The minimum atomic E-state index is -0.298. The largest absolute Gasteiger partial charge is 0.485 e. The molecule has 0 heterocycles. The number of halogens is 2. The number of hydrogen-bond acceptors (Lipinski definition) is 4. The van der Waals surface area contributed by atoms with Gasteiger partial charge in [-0.15, -0.1) is 0 Å². The Morgan fingerprint density at radius 3 is 2.32 bits per heavy atom. The van der Waals surface area contributed by atoms with Gasteiger partial charge >= 0.3 is 6.03 Å². The van der Waals surface area contributed by atoms with E-state index in [4.69, 9.17) is 33.3 Å². The second-order valence-electron chi connectivity index (χ2n) is 8.30. The van der Waals surface area contributed by atoms with Gasteiger partial charge in [0.25, 0.3) is 0 Å². The van der Waals surface area contributed by atoms with Crippen molar-refractivity contribution in [2.75, 3.05) is 18.5 Å². The number of benzene rings is 2. The zero-order valence-electron chi connectivity index (χ0n) is 16.8. The second kappa shape index (κ2) is 8.89. The summed E-state index contributed by atoms with van der Waals surface area (Å²) in [7, 11) is 0. The van der Waals surface area contributed by atoms with Crippen LogP contribution in [0.1, 0.15) is 19.3 Å². The Balaban J connectivity index is 1.15. The maximum absolute atomic E-state index is 12.2. The summed E-state index contributed by atoms with van der Waals surface area (Å²) in [6.45, 7) is 0.462. The first-order chi connectivity index (χ1) is 14.8. The van der Waals surface area contributed by atoms with Crippen molar-refractivity contribution < 1.29 is 14.3 Å². The number of Topliss-reactive ketones (excluding diaryl/α,β-unsaturated/α-hetero) is 1. The highest BCUT2D eigenvalue weighted by atomic mass is 35.5. The van der Waals surface area contributed by atoms with Crippen LogP contribution in [0.25, 0.3) is 0 Å². The lowest BCUT2D eigenvalue weighted by atomic mass is 9.72. The molecule has 2 saturated carbocycles.